The standard InChI is InChI=1S/C13H18BrNO5S/c1-13(2,3)20-7-6-19-12(16)10-8-9(21(15,17)18)4-5-11(10)14/h4-5,8H,6-7H2,1-3H3,(H2,15,17,18). The van der Waals surface area contributed by atoms with Crippen LogP contribution in [0.3, 0.4) is 0 Å². The van der Waals surface area contributed by atoms with Gasteiger partial charge >= 0.3 is 5.97 Å². The molecule has 0 heterocycles. The normalized spacial score (nSPS) is 12.2. The van der Waals surface area contributed by atoms with Gasteiger partial charge in [0.15, 0.2) is 0 Å². The molecule has 0 aromatic heterocycles. The van der Waals surface area contributed by atoms with E-state index in [1.807, 2.05) is 20.8 Å². The summed E-state index contributed by atoms with van der Waals surface area (Å²) in [6, 6.07) is 3.91. The molecule has 0 spiro atoms. The quantitative estimate of drug-likeness (QED) is 0.623. The summed E-state index contributed by atoms with van der Waals surface area (Å²) < 4.78 is 33.4. The Bertz CT molecular complexity index is 622. The van der Waals surface area contributed by atoms with E-state index in [1.165, 1.54) is 18.2 Å². The summed E-state index contributed by atoms with van der Waals surface area (Å²) in [5, 5.41) is 5.03. The van der Waals surface area contributed by atoms with Gasteiger partial charge in [-0.2, -0.15) is 0 Å². The van der Waals surface area contributed by atoms with Crippen molar-refractivity contribution in [1.29, 1.82) is 0 Å². The third kappa shape index (κ3) is 6.13. The molecule has 0 saturated heterocycles. The number of ether oxygens (including phenoxy) is 2. The van der Waals surface area contributed by atoms with Gasteiger partial charge in [-0.25, -0.2) is 18.4 Å². The molecule has 0 unspecified atom stereocenters. The maximum atomic E-state index is 11.9. The maximum absolute atomic E-state index is 11.9. The van der Waals surface area contributed by atoms with E-state index >= 15 is 0 Å². The van der Waals surface area contributed by atoms with Crippen molar-refractivity contribution in [1.82, 2.24) is 0 Å². The molecule has 1 aromatic carbocycles. The number of carbonyl (C=O) groups is 1. The predicted molar refractivity (Wildman–Crippen MR) is 81.5 cm³/mol. The van der Waals surface area contributed by atoms with Gasteiger partial charge in [-0.15, -0.1) is 0 Å². The number of nitrogens with two attached hydrogens (primary N) is 1. The number of rotatable bonds is 5. The summed E-state index contributed by atoms with van der Waals surface area (Å²) in [7, 11) is -3.87. The highest BCUT2D eigenvalue weighted by Crippen LogP contribution is 2.21. The van der Waals surface area contributed by atoms with Crippen molar-refractivity contribution in [2.24, 2.45) is 5.14 Å². The molecule has 0 amide bonds. The number of halogens is 1. The number of sulfonamides is 1. The van der Waals surface area contributed by atoms with Crippen LogP contribution in [0.2, 0.25) is 0 Å². The van der Waals surface area contributed by atoms with Crippen molar-refractivity contribution in [2.45, 2.75) is 31.3 Å². The van der Waals surface area contributed by atoms with E-state index in [0.717, 1.165) is 0 Å². The van der Waals surface area contributed by atoms with Crippen LogP contribution in [0.4, 0.5) is 0 Å². The van der Waals surface area contributed by atoms with E-state index in [2.05, 4.69) is 15.9 Å². The van der Waals surface area contributed by atoms with E-state index in [4.69, 9.17) is 14.6 Å². The maximum Gasteiger partial charge on any atom is 0.339 e. The van der Waals surface area contributed by atoms with Crippen LogP contribution >= 0.6 is 15.9 Å². The van der Waals surface area contributed by atoms with Crippen LogP contribution in [-0.2, 0) is 19.5 Å². The third-order valence-electron chi connectivity index (χ3n) is 2.34. The minimum Gasteiger partial charge on any atom is -0.460 e. The first kappa shape index (κ1) is 18.1. The molecule has 6 nitrogen and oxygen atoms in total. The molecule has 0 bridgehead atoms. The number of hydrogen-bond donors (Lipinski definition) is 1. The molecule has 0 aliphatic rings. The largest absolute Gasteiger partial charge is 0.460 e. The van der Waals surface area contributed by atoms with Crippen LogP contribution in [0.15, 0.2) is 27.6 Å². The smallest absolute Gasteiger partial charge is 0.339 e. The minimum absolute atomic E-state index is 0.0716. The summed E-state index contributed by atoms with van der Waals surface area (Å²) in [4.78, 5) is 11.8. The van der Waals surface area contributed by atoms with Crippen molar-refractivity contribution >= 4 is 31.9 Å². The fourth-order valence-corrected chi connectivity index (χ4v) is 2.35. The van der Waals surface area contributed by atoms with Gasteiger partial charge in [-0.3, -0.25) is 0 Å². The zero-order valence-corrected chi connectivity index (χ0v) is 14.5. The van der Waals surface area contributed by atoms with Gasteiger partial charge in [0.05, 0.1) is 22.7 Å². The lowest BCUT2D eigenvalue weighted by Gasteiger charge is -2.19. The summed E-state index contributed by atoms with van der Waals surface area (Å²) in [5.41, 5.74) is -0.224. The average Bonchev–Trinajstić information content (AvgIpc) is 2.32. The Morgan fingerprint density at radius 1 is 1.29 bits per heavy atom. The molecule has 0 saturated carbocycles. The monoisotopic (exact) mass is 379 g/mol. The summed E-state index contributed by atoms with van der Waals surface area (Å²) in [6.45, 7) is 5.99. The molecule has 0 atom stereocenters. The number of benzene rings is 1. The molecule has 0 fully saturated rings. The average molecular weight is 380 g/mol. The van der Waals surface area contributed by atoms with E-state index in [-0.39, 0.29) is 29.3 Å². The highest BCUT2D eigenvalue weighted by molar-refractivity contribution is 9.10. The number of carbonyl (C=O) groups excluding carboxylic acids is 1. The van der Waals surface area contributed by atoms with Crippen LogP contribution in [0.5, 0.6) is 0 Å². The molecule has 21 heavy (non-hydrogen) atoms. The number of hydrogen-bond acceptors (Lipinski definition) is 5. The molecule has 2 N–H and O–H groups in total. The highest BCUT2D eigenvalue weighted by Gasteiger charge is 2.17. The summed E-state index contributed by atoms with van der Waals surface area (Å²) in [5.74, 6) is -0.648. The number of primary sulfonamides is 1. The molecule has 0 aliphatic carbocycles. The molecule has 8 heteroatoms. The second kappa shape index (κ2) is 6.87. The first-order valence-corrected chi connectivity index (χ1v) is 8.48. The van der Waals surface area contributed by atoms with E-state index < -0.39 is 16.0 Å². The van der Waals surface area contributed by atoms with Gasteiger partial charge in [0.25, 0.3) is 0 Å². The van der Waals surface area contributed by atoms with Crippen molar-refractivity contribution in [2.75, 3.05) is 13.2 Å². The highest BCUT2D eigenvalue weighted by atomic mass is 79.9. The second-order valence-corrected chi connectivity index (χ2v) is 7.70. The topological polar surface area (TPSA) is 95.7 Å². The first-order chi connectivity index (χ1) is 9.50. The molecular formula is C13H18BrNO5S. The lowest BCUT2D eigenvalue weighted by molar-refractivity contribution is -0.0281. The minimum atomic E-state index is -3.87. The predicted octanol–water partition coefficient (Wildman–Crippen LogP) is 2.07. The van der Waals surface area contributed by atoms with Crippen LogP contribution in [0, 0.1) is 0 Å². The lowest BCUT2D eigenvalue weighted by Crippen LogP contribution is -2.22. The Morgan fingerprint density at radius 3 is 2.43 bits per heavy atom. The molecule has 1 rings (SSSR count). The Morgan fingerprint density at radius 2 is 1.90 bits per heavy atom. The van der Waals surface area contributed by atoms with Gasteiger partial charge in [-0.1, -0.05) is 0 Å². The Kier molecular flexibility index (Phi) is 5.92. The van der Waals surface area contributed by atoms with Gasteiger partial charge in [0, 0.05) is 4.47 Å². The molecule has 1 aromatic rings. The van der Waals surface area contributed by atoms with Crippen LogP contribution < -0.4 is 5.14 Å². The third-order valence-corrected chi connectivity index (χ3v) is 3.94. The molecular weight excluding hydrogens is 362 g/mol. The van der Waals surface area contributed by atoms with E-state index in [0.29, 0.717) is 4.47 Å². The van der Waals surface area contributed by atoms with E-state index in [9.17, 15) is 13.2 Å². The van der Waals surface area contributed by atoms with Crippen molar-refractivity contribution in [3.63, 3.8) is 0 Å². The van der Waals surface area contributed by atoms with E-state index in [1.54, 1.807) is 0 Å². The number of esters is 1. The zero-order chi connectivity index (χ0) is 16.3. The van der Waals surface area contributed by atoms with Gasteiger partial charge in [0.1, 0.15) is 6.61 Å². The molecule has 0 aliphatic heterocycles. The van der Waals surface area contributed by atoms with Crippen LogP contribution in [-0.4, -0.2) is 33.2 Å². The van der Waals surface area contributed by atoms with Gasteiger partial charge in [0.2, 0.25) is 10.0 Å². The van der Waals surface area contributed by atoms with Crippen molar-refractivity contribution < 1.29 is 22.7 Å². The van der Waals surface area contributed by atoms with Crippen LogP contribution in [0.25, 0.3) is 0 Å². The molecule has 0 radical (unpaired) electrons. The Labute approximate surface area is 132 Å². The first-order valence-electron chi connectivity index (χ1n) is 6.14. The van der Waals surface area contributed by atoms with Crippen molar-refractivity contribution in [3.05, 3.63) is 28.2 Å². The zero-order valence-electron chi connectivity index (χ0n) is 12.1. The molecule has 118 valence electrons. The van der Waals surface area contributed by atoms with Gasteiger partial charge < -0.3 is 9.47 Å². The van der Waals surface area contributed by atoms with Crippen LogP contribution in [0.1, 0.15) is 31.1 Å². The van der Waals surface area contributed by atoms with Gasteiger partial charge in [-0.05, 0) is 54.9 Å². The lowest BCUT2D eigenvalue weighted by atomic mass is 10.2. The Balaban J connectivity index is 2.74. The summed E-state index contributed by atoms with van der Waals surface area (Å²) >= 11 is 3.17. The second-order valence-electron chi connectivity index (χ2n) is 5.28. The van der Waals surface area contributed by atoms with Crippen molar-refractivity contribution in [3.8, 4) is 0 Å². The Hall–Kier alpha value is -0.960. The fraction of sp³-hybridized carbons (Fsp3) is 0.462. The fourth-order valence-electron chi connectivity index (χ4n) is 1.40. The summed E-state index contributed by atoms with van der Waals surface area (Å²) in [6.07, 6.45) is 0. The SMILES string of the molecule is CC(C)(C)OCCOC(=O)c1cc(S(N)(=O)=O)ccc1Br.